The molecule has 7 heteroatoms. The number of aliphatic hydroxyl groups excluding tert-OH is 1. The number of rotatable bonds is 1. The molecule has 0 amide bonds. The predicted molar refractivity (Wildman–Crippen MR) is 69.2 cm³/mol. The van der Waals surface area contributed by atoms with Gasteiger partial charge < -0.3 is 10.1 Å². The second kappa shape index (κ2) is 4.06. The maximum atomic E-state index is 12.0. The van der Waals surface area contributed by atoms with E-state index in [9.17, 15) is 14.7 Å². The van der Waals surface area contributed by atoms with Gasteiger partial charge in [0.25, 0.3) is 5.56 Å². The van der Waals surface area contributed by atoms with Crippen molar-refractivity contribution in [2.24, 2.45) is 14.1 Å². The fourth-order valence-corrected chi connectivity index (χ4v) is 2.74. The van der Waals surface area contributed by atoms with Crippen LogP contribution in [0, 0.1) is 0 Å². The number of hydrogen-bond donors (Lipinski definition) is 2. The average molecular weight is 264 g/mol. The lowest BCUT2D eigenvalue weighted by molar-refractivity contribution is 0.181. The third kappa shape index (κ3) is 1.73. The molecule has 0 unspecified atom stereocenters. The summed E-state index contributed by atoms with van der Waals surface area (Å²) < 4.78 is 2.43. The zero-order valence-electron chi connectivity index (χ0n) is 10.9. The summed E-state index contributed by atoms with van der Waals surface area (Å²) >= 11 is 0. The third-order valence-electron chi connectivity index (χ3n) is 3.90. The molecule has 2 N–H and O–H groups in total. The first-order valence-corrected chi connectivity index (χ1v) is 6.32. The summed E-state index contributed by atoms with van der Waals surface area (Å²) in [5, 5.41) is 9.57. The highest BCUT2D eigenvalue weighted by atomic mass is 16.3. The molecule has 7 nitrogen and oxygen atoms in total. The molecule has 1 aliphatic rings. The lowest BCUT2D eigenvalue weighted by Crippen LogP contribution is -2.36. The minimum atomic E-state index is -0.387. The van der Waals surface area contributed by atoms with Crippen molar-refractivity contribution in [2.45, 2.75) is 31.3 Å². The summed E-state index contributed by atoms with van der Waals surface area (Å²) in [4.78, 5) is 31.2. The molecule has 0 aromatic carbocycles. The molecule has 2 aromatic heterocycles. The molecule has 2 aromatic rings. The number of H-pyrrole nitrogens is 1. The molecule has 3 rings (SSSR count). The number of nitrogens with one attached hydrogen (secondary N) is 1. The van der Waals surface area contributed by atoms with Crippen molar-refractivity contribution in [3.05, 3.63) is 26.7 Å². The topological polar surface area (TPSA) is 92.9 Å². The number of nitrogens with zero attached hydrogens (tertiary/aromatic N) is 3. The summed E-state index contributed by atoms with van der Waals surface area (Å²) in [5.74, 6) is 0.812. The third-order valence-corrected chi connectivity index (χ3v) is 3.90. The van der Waals surface area contributed by atoms with Crippen molar-refractivity contribution < 1.29 is 5.11 Å². The Morgan fingerprint density at radius 2 is 2.00 bits per heavy atom. The summed E-state index contributed by atoms with van der Waals surface area (Å²) in [5.41, 5.74) is -0.0251. The van der Waals surface area contributed by atoms with Crippen molar-refractivity contribution in [1.29, 1.82) is 0 Å². The number of aromatic nitrogens is 4. The minimum absolute atomic E-state index is 0.127. The van der Waals surface area contributed by atoms with E-state index in [2.05, 4.69) is 9.97 Å². The second-order valence-electron chi connectivity index (χ2n) is 5.19. The molecule has 0 radical (unpaired) electrons. The van der Waals surface area contributed by atoms with Crippen LogP contribution in [0.3, 0.4) is 0 Å². The largest absolute Gasteiger partial charge is 0.393 e. The standard InChI is InChI=1S/C12H16N4O3/c1-15-10-8(11(18)16(2)12(15)19)13-9(14-10)6-3-4-7(17)5-6/h6-7,17H,3-5H2,1-2H3,(H,13,14)/t6-,7+/m0/s1. The van der Waals surface area contributed by atoms with E-state index >= 15 is 0 Å². The summed E-state index contributed by atoms with van der Waals surface area (Å²) in [6.45, 7) is 0. The fourth-order valence-electron chi connectivity index (χ4n) is 2.74. The zero-order chi connectivity index (χ0) is 13.7. The van der Waals surface area contributed by atoms with E-state index in [1.165, 1.54) is 11.6 Å². The van der Waals surface area contributed by atoms with Gasteiger partial charge in [-0.1, -0.05) is 0 Å². The molecule has 102 valence electrons. The Labute approximate surface area is 108 Å². The summed E-state index contributed by atoms with van der Waals surface area (Å²) in [6, 6.07) is 0. The first kappa shape index (κ1) is 12.2. The Morgan fingerprint density at radius 3 is 2.63 bits per heavy atom. The molecule has 1 aliphatic carbocycles. The van der Waals surface area contributed by atoms with Gasteiger partial charge in [0.2, 0.25) is 0 Å². The number of aliphatic hydroxyl groups is 1. The molecule has 1 saturated carbocycles. The minimum Gasteiger partial charge on any atom is -0.393 e. The van der Waals surface area contributed by atoms with Crippen LogP contribution in [0.4, 0.5) is 0 Å². The molecule has 2 atom stereocenters. The molecule has 0 bridgehead atoms. The SMILES string of the molecule is Cn1c(=O)c2[nH]c([C@H]3CC[C@@H](O)C3)nc2n(C)c1=O. The first-order chi connectivity index (χ1) is 8.99. The molecule has 0 saturated heterocycles. The van der Waals surface area contributed by atoms with Gasteiger partial charge in [0, 0.05) is 20.0 Å². The predicted octanol–water partition coefficient (Wildman–Crippen LogP) is -0.411. The molecule has 19 heavy (non-hydrogen) atoms. The van der Waals surface area contributed by atoms with Crippen LogP contribution in [0.2, 0.25) is 0 Å². The van der Waals surface area contributed by atoms with Gasteiger partial charge in [-0.2, -0.15) is 0 Å². The van der Waals surface area contributed by atoms with Crippen molar-refractivity contribution in [3.8, 4) is 0 Å². The van der Waals surface area contributed by atoms with E-state index in [0.29, 0.717) is 23.4 Å². The lowest BCUT2D eigenvalue weighted by Gasteiger charge is -2.03. The van der Waals surface area contributed by atoms with E-state index < -0.39 is 0 Å². The molecular weight excluding hydrogens is 248 g/mol. The van der Waals surface area contributed by atoms with E-state index in [1.54, 1.807) is 7.05 Å². The van der Waals surface area contributed by atoms with Gasteiger partial charge in [-0.15, -0.1) is 0 Å². The number of aromatic amines is 1. The van der Waals surface area contributed by atoms with Gasteiger partial charge in [0.05, 0.1) is 6.10 Å². The van der Waals surface area contributed by atoms with Crippen molar-refractivity contribution in [3.63, 3.8) is 0 Å². The van der Waals surface area contributed by atoms with Crippen molar-refractivity contribution in [1.82, 2.24) is 19.1 Å². The Bertz CT molecular complexity index is 755. The molecular formula is C12H16N4O3. The van der Waals surface area contributed by atoms with Crippen LogP contribution < -0.4 is 11.2 Å². The Balaban J connectivity index is 2.21. The van der Waals surface area contributed by atoms with Crippen LogP contribution in [-0.2, 0) is 14.1 Å². The highest BCUT2D eigenvalue weighted by Crippen LogP contribution is 2.33. The summed E-state index contributed by atoms with van der Waals surface area (Å²) in [6.07, 6.45) is 1.94. The van der Waals surface area contributed by atoms with Crippen LogP contribution in [0.25, 0.3) is 11.2 Å². The Morgan fingerprint density at radius 1 is 1.26 bits per heavy atom. The quantitative estimate of drug-likeness (QED) is 0.732. The van der Waals surface area contributed by atoms with Gasteiger partial charge in [-0.25, -0.2) is 9.78 Å². The van der Waals surface area contributed by atoms with Gasteiger partial charge in [-0.05, 0) is 19.3 Å². The fraction of sp³-hybridized carbons (Fsp3) is 0.583. The van der Waals surface area contributed by atoms with Crippen LogP contribution in [-0.4, -0.2) is 30.3 Å². The van der Waals surface area contributed by atoms with Crippen molar-refractivity contribution >= 4 is 11.2 Å². The van der Waals surface area contributed by atoms with E-state index in [4.69, 9.17) is 0 Å². The Kier molecular flexibility index (Phi) is 2.60. The average Bonchev–Trinajstić information content (AvgIpc) is 3.00. The smallest absolute Gasteiger partial charge is 0.332 e. The second-order valence-corrected chi connectivity index (χ2v) is 5.19. The van der Waals surface area contributed by atoms with Gasteiger partial charge in [0.1, 0.15) is 11.3 Å². The van der Waals surface area contributed by atoms with E-state index in [-0.39, 0.29) is 23.3 Å². The van der Waals surface area contributed by atoms with Crippen LogP contribution in [0.1, 0.15) is 31.0 Å². The van der Waals surface area contributed by atoms with Crippen LogP contribution in [0.15, 0.2) is 9.59 Å². The number of hydrogen-bond acceptors (Lipinski definition) is 4. The highest BCUT2D eigenvalue weighted by molar-refractivity contribution is 5.69. The van der Waals surface area contributed by atoms with E-state index in [0.717, 1.165) is 17.4 Å². The molecule has 1 fully saturated rings. The molecule has 2 heterocycles. The van der Waals surface area contributed by atoms with Gasteiger partial charge in [0.15, 0.2) is 5.65 Å². The number of imidazole rings is 1. The van der Waals surface area contributed by atoms with Crippen LogP contribution in [0.5, 0.6) is 0 Å². The van der Waals surface area contributed by atoms with Crippen molar-refractivity contribution in [2.75, 3.05) is 0 Å². The van der Waals surface area contributed by atoms with Gasteiger partial charge >= 0.3 is 5.69 Å². The first-order valence-electron chi connectivity index (χ1n) is 6.32. The van der Waals surface area contributed by atoms with E-state index in [1.807, 2.05) is 0 Å². The lowest BCUT2D eigenvalue weighted by atomic mass is 10.1. The Hall–Kier alpha value is -1.89. The maximum absolute atomic E-state index is 12.0. The van der Waals surface area contributed by atoms with Crippen LogP contribution >= 0.6 is 0 Å². The number of fused-ring (bicyclic) bond motifs is 1. The van der Waals surface area contributed by atoms with Gasteiger partial charge in [-0.3, -0.25) is 13.9 Å². The summed E-state index contributed by atoms with van der Waals surface area (Å²) in [7, 11) is 3.04. The maximum Gasteiger partial charge on any atom is 0.332 e. The zero-order valence-corrected chi connectivity index (χ0v) is 10.9. The molecule has 0 spiro atoms. The monoisotopic (exact) mass is 264 g/mol. The highest BCUT2D eigenvalue weighted by Gasteiger charge is 2.27. The number of aryl methyl sites for hydroxylation is 1. The normalized spacial score (nSPS) is 23.3. The molecule has 0 aliphatic heterocycles.